The molecule has 0 unspecified atom stereocenters. The van der Waals surface area contributed by atoms with Gasteiger partial charge < -0.3 is 24.8 Å². The summed E-state index contributed by atoms with van der Waals surface area (Å²) in [6, 6.07) is 19.3. The quantitative estimate of drug-likeness (QED) is 0.303. The molecule has 3 rings (SSSR count). The maximum Gasteiger partial charge on any atom is 0.308 e. The van der Waals surface area contributed by atoms with Gasteiger partial charge in [0.05, 0.1) is 13.7 Å². The number of hydrogen-bond acceptors (Lipinski definition) is 6. The normalized spacial score (nSPS) is 10.3. The van der Waals surface area contributed by atoms with Gasteiger partial charge in [-0.1, -0.05) is 24.3 Å². The van der Waals surface area contributed by atoms with E-state index in [9.17, 15) is 14.4 Å². The third-order valence-corrected chi connectivity index (χ3v) is 5.20. The summed E-state index contributed by atoms with van der Waals surface area (Å²) in [4.78, 5) is 36.2. The molecule has 3 aromatic rings. The third kappa shape index (κ3) is 7.87. The first kappa shape index (κ1) is 26.3. The minimum Gasteiger partial charge on any atom is -0.493 e. The Kier molecular flexibility index (Phi) is 9.45. The number of carbonyl (C=O) groups excluding carboxylic acids is 3. The van der Waals surface area contributed by atoms with Gasteiger partial charge in [0.25, 0.3) is 5.91 Å². The van der Waals surface area contributed by atoms with Crippen LogP contribution in [0.4, 0.5) is 5.69 Å². The van der Waals surface area contributed by atoms with Gasteiger partial charge in [-0.3, -0.25) is 14.4 Å². The number of esters is 1. The Morgan fingerprint density at radius 3 is 2.44 bits per heavy atom. The highest BCUT2D eigenvalue weighted by molar-refractivity contribution is 6.04. The van der Waals surface area contributed by atoms with E-state index < -0.39 is 5.97 Å². The topological polar surface area (TPSA) is 103 Å². The van der Waals surface area contributed by atoms with Crippen molar-refractivity contribution in [3.8, 4) is 17.2 Å². The lowest BCUT2D eigenvalue weighted by Crippen LogP contribution is -2.23. The van der Waals surface area contributed by atoms with Crippen LogP contribution in [0.5, 0.6) is 17.2 Å². The van der Waals surface area contributed by atoms with Crippen LogP contribution in [0.15, 0.2) is 66.7 Å². The maximum absolute atomic E-state index is 12.6. The molecule has 0 aliphatic rings. The highest BCUT2D eigenvalue weighted by Crippen LogP contribution is 2.28. The standard InChI is InChI=1S/C28H30N2O6/c1-4-35-25-13-11-20(16-26(25)34-3)12-14-27(32)29-18-21-7-5-9-23(15-21)30-28(33)22-8-6-10-24(17-22)36-19(2)31/h5-11,13,15-17H,4,12,14,18H2,1-3H3,(H,29,32)(H,30,33). The number of carbonyl (C=O) groups is 3. The second kappa shape index (κ2) is 12.9. The van der Waals surface area contributed by atoms with Crippen molar-refractivity contribution in [1.29, 1.82) is 0 Å². The van der Waals surface area contributed by atoms with Crippen LogP contribution in [0.3, 0.4) is 0 Å². The minimum atomic E-state index is -0.457. The van der Waals surface area contributed by atoms with Crippen molar-refractivity contribution >= 4 is 23.5 Å². The average molecular weight is 491 g/mol. The van der Waals surface area contributed by atoms with Gasteiger partial charge in [-0.05, 0) is 66.9 Å². The van der Waals surface area contributed by atoms with Gasteiger partial charge in [0.2, 0.25) is 5.91 Å². The van der Waals surface area contributed by atoms with Gasteiger partial charge in [-0.15, -0.1) is 0 Å². The monoisotopic (exact) mass is 490 g/mol. The predicted molar refractivity (Wildman–Crippen MR) is 136 cm³/mol. The van der Waals surface area contributed by atoms with Gasteiger partial charge in [-0.25, -0.2) is 0 Å². The average Bonchev–Trinajstić information content (AvgIpc) is 2.87. The summed E-state index contributed by atoms with van der Waals surface area (Å²) in [6.45, 7) is 4.09. The summed E-state index contributed by atoms with van der Waals surface area (Å²) in [6.07, 6.45) is 0.892. The van der Waals surface area contributed by atoms with E-state index in [1.165, 1.54) is 13.0 Å². The number of benzene rings is 3. The Morgan fingerprint density at radius 2 is 1.69 bits per heavy atom. The fraction of sp³-hybridized carbons (Fsp3) is 0.250. The van der Waals surface area contributed by atoms with E-state index in [0.29, 0.717) is 54.5 Å². The molecule has 0 bridgehead atoms. The molecule has 0 aliphatic carbocycles. The van der Waals surface area contributed by atoms with Gasteiger partial charge in [0, 0.05) is 31.1 Å². The van der Waals surface area contributed by atoms with Crippen molar-refractivity contribution in [2.45, 2.75) is 33.2 Å². The Morgan fingerprint density at radius 1 is 0.889 bits per heavy atom. The Balaban J connectivity index is 1.52. The van der Waals surface area contributed by atoms with E-state index in [4.69, 9.17) is 14.2 Å². The molecule has 2 amide bonds. The molecule has 0 fully saturated rings. The summed E-state index contributed by atoms with van der Waals surface area (Å²) in [5.41, 5.74) is 2.77. The number of hydrogen-bond donors (Lipinski definition) is 2. The molecular formula is C28H30N2O6. The molecular weight excluding hydrogens is 460 g/mol. The van der Waals surface area contributed by atoms with Crippen LogP contribution in [-0.2, 0) is 22.6 Å². The van der Waals surface area contributed by atoms with E-state index >= 15 is 0 Å². The molecule has 8 nitrogen and oxygen atoms in total. The van der Waals surface area contributed by atoms with Crippen LogP contribution in [0.25, 0.3) is 0 Å². The summed E-state index contributed by atoms with van der Waals surface area (Å²) in [5, 5.41) is 5.73. The number of methoxy groups -OCH3 is 1. The van der Waals surface area contributed by atoms with E-state index in [-0.39, 0.29) is 11.8 Å². The SMILES string of the molecule is CCOc1ccc(CCC(=O)NCc2cccc(NC(=O)c3cccc(OC(C)=O)c3)c2)cc1OC. The maximum atomic E-state index is 12.6. The van der Waals surface area contributed by atoms with Crippen molar-refractivity contribution in [2.75, 3.05) is 19.0 Å². The predicted octanol–water partition coefficient (Wildman–Crippen LogP) is 4.52. The third-order valence-electron chi connectivity index (χ3n) is 5.20. The molecule has 188 valence electrons. The fourth-order valence-corrected chi connectivity index (χ4v) is 3.52. The number of aryl methyl sites for hydroxylation is 1. The molecule has 2 N–H and O–H groups in total. The number of ether oxygens (including phenoxy) is 3. The molecule has 8 heteroatoms. The summed E-state index contributed by atoms with van der Waals surface area (Å²) in [5.74, 6) is 0.747. The highest BCUT2D eigenvalue weighted by Gasteiger charge is 2.10. The first-order valence-corrected chi connectivity index (χ1v) is 11.6. The molecule has 36 heavy (non-hydrogen) atoms. The van der Waals surface area contributed by atoms with Crippen LogP contribution in [0.2, 0.25) is 0 Å². The van der Waals surface area contributed by atoms with Crippen molar-refractivity contribution < 1.29 is 28.6 Å². The zero-order chi connectivity index (χ0) is 25.9. The van der Waals surface area contributed by atoms with E-state index in [1.54, 1.807) is 43.5 Å². The van der Waals surface area contributed by atoms with Gasteiger partial charge in [0.15, 0.2) is 11.5 Å². The molecule has 0 heterocycles. The lowest BCUT2D eigenvalue weighted by atomic mass is 10.1. The van der Waals surface area contributed by atoms with Gasteiger partial charge in [-0.2, -0.15) is 0 Å². The minimum absolute atomic E-state index is 0.0837. The van der Waals surface area contributed by atoms with Crippen molar-refractivity contribution in [3.63, 3.8) is 0 Å². The number of anilines is 1. The lowest BCUT2D eigenvalue weighted by Gasteiger charge is -2.11. The second-order valence-corrected chi connectivity index (χ2v) is 7.97. The zero-order valence-electron chi connectivity index (χ0n) is 20.6. The number of amides is 2. The molecule has 0 saturated carbocycles. The molecule has 0 atom stereocenters. The molecule has 0 spiro atoms. The van der Waals surface area contributed by atoms with Crippen molar-refractivity contribution in [2.24, 2.45) is 0 Å². The Labute approximate surface area is 210 Å². The Hall–Kier alpha value is -4.33. The summed E-state index contributed by atoms with van der Waals surface area (Å²) in [7, 11) is 1.59. The second-order valence-electron chi connectivity index (χ2n) is 7.97. The zero-order valence-corrected chi connectivity index (χ0v) is 20.6. The molecule has 0 aliphatic heterocycles. The fourth-order valence-electron chi connectivity index (χ4n) is 3.52. The van der Waals surface area contributed by atoms with Crippen LogP contribution < -0.4 is 24.8 Å². The molecule has 3 aromatic carbocycles. The van der Waals surface area contributed by atoms with Gasteiger partial charge >= 0.3 is 5.97 Å². The molecule has 0 radical (unpaired) electrons. The van der Waals surface area contributed by atoms with E-state index in [1.807, 2.05) is 31.2 Å². The highest BCUT2D eigenvalue weighted by atomic mass is 16.5. The van der Waals surface area contributed by atoms with Crippen LogP contribution in [0, 0.1) is 0 Å². The van der Waals surface area contributed by atoms with Crippen LogP contribution >= 0.6 is 0 Å². The first-order valence-electron chi connectivity index (χ1n) is 11.6. The van der Waals surface area contributed by atoms with Crippen molar-refractivity contribution in [1.82, 2.24) is 5.32 Å². The van der Waals surface area contributed by atoms with Crippen molar-refractivity contribution in [3.05, 3.63) is 83.4 Å². The van der Waals surface area contributed by atoms with E-state index in [2.05, 4.69) is 10.6 Å². The largest absolute Gasteiger partial charge is 0.493 e. The van der Waals surface area contributed by atoms with Crippen LogP contribution in [0.1, 0.15) is 41.8 Å². The summed E-state index contributed by atoms with van der Waals surface area (Å²) >= 11 is 0. The smallest absolute Gasteiger partial charge is 0.308 e. The Bertz CT molecular complexity index is 1220. The molecule has 0 saturated heterocycles. The summed E-state index contributed by atoms with van der Waals surface area (Å²) < 4.78 is 15.9. The molecule has 0 aromatic heterocycles. The first-order chi connectivity index (χ1) is 17.4. The number of rotatable bonds is 11. The van der Waals surface area contributed by atoms with Gasteiger partial charge in [0.1, 0.15) is 5.75 Å². The lowest BCUT2D eigenvalue weighted by molar-refractivity contribution is -0.131. The number of nitrogens with one attached hydrogen (secondary N) is 2. The van der Waals surface area contributed by atoms with E-state index in [0.717, 1.165) is 11.1 Å². The van der Waals surface area contributed by atoms with Crippen LogP contribution in [-0.4, -0.2) is 31.5 Å².